The highest BCUT2D eigenvalue weighted by molar-refractivity contribution is 7.90. The normalized spacial score (nSPS) is 15.1. The Morgan fingerprint density at radius 3 is 2.41 bits per heavy atom. The first-order valence-corrected chi connectivity index (χ1v) is 13.9. The number of alkyl halides is 3. The van der Waals surface area contributed by atoms with Crippen molar-refractivity contribution in [2.45, 2.75) is 19.1 Å². The van der Waals surface area contributed by atoms with Crippen molar-refractivity contribution in [3.8, 4) is 16.9 Å². The Morgan fingerprint density at radius 2 is 1.76 bits per heavy atom. The highest BCUT2D eigenvalue weighted by atomic mass is 32.2. The lowest BCUT2D eigenvalue weighted by atomic mass is 10.1. The summed E-state index contributed by atoms with van der Waals surface area (Å²) < 4.78 is 62.1. The summed E-state index contributed by atoms with van der Waals surface area (Å²) in [7, 11) is -4.39. The van der Waals surface area contributed by atoms with E-state index in [1.54, 1.807) is 40.5 Å². The van der Waals surface area contributed by atoms with Crippen LogP contribution in [0, 0.1) is 0 Å². The summed E-state index contributed by atoms with van der Waals surface area (Å²) in [6.45, 7) is 3.95. The molecule has 1 amide bonds. The van der Waals surface area contributed by atoms with Gasteiger partial charge in [-0.25, -0.2) is 13.1 Å². The van der Waals surface area contributed by atoms with Gasteiger partial charge in [0.25, 0.3) is 5.91 Å². The number of pyridine rings is 1. The van der Waals surface area contributed by atoms with Gasteiger partial charge in [-0.3, -0.25) is 14.7 Å². The van der Waals surface area contributed by atoms with Crippen LogP contribution in [0.3, 0.4) is 0 Å². The third kappa shape index (κ3) is 7.66. The van der Waals surface area contributed by atoms with Crippen molar-refractivity contribution in [3.63, 3.8) is 0 Å². The van der Waals surface area contributed by atoms with Crippen LogP contribution in [0.5, 0.6) is 5.75 Å². The first-order chi connectivity index (χ1) is 17.5. The van der Waals surface area contributed by atoms with Crippen LogP contribution in [0.15, 0.2) is 54.2 Å². The lowest BCUT2D eigenvalue weighted by Crippen LogP contribution is -2.45. The number of nitrogens with zero attached hydrogens (tertiary/aromatic N) is 3. The molecule has 0 aliphatic carbocycles. The molecule has 1 aromatic carbocycles. The molecule has 13 heteroatoms. The van der Waals surface area contributed by atoms with Gasteiger partial charge in [-0.1, -0.05) is 0 Å². The Labute approximate surface area is 216 Å². The standard InChI is InChI=1S/C24H25F3N4O4S2/c25-24(26,27)5-10-37(34,35)29-23(33)17-1-3-20(4-2-17)31-8-6-30(7-9-31)15-22-12-19(16-36-22)18-11-21(32)14-28-13-18/h1-4,11-14,16,32H,5-10,15H2,(H,29,33). The van der Waals surface area contributed by atoms with Crippen molar-refractivity contribution in [2.24, 2.45) is 0 Å². The van der Waals surface area contributed by atoms with E-state index in [2.05, 4.69) is 20.9 Å². The molecule has 1 aliphatic heterocycles. The minimum atomic E-state index is -4.62. The maximum atomic E-state index is 12.3. The zero-order valence-corrected chi connectivity index (χ0v) is 21.2. The predicted octanol–water partition coefficient (Wildman–Crippen LogP) is 3.85. The summed E-state index contributed by atoms with van der Waals surface area (Å²) in [5, 5.41) is 11.7. The maximum Gasteiger partial charge on any atom is 0.390 e. The van der Waals surface area contributed by atoms with Crippen molar-refractivity contribution in [1.29, 1.82) is 0 Å². The number of carbonyl (C=O) groups is 1. The maximum absolute atomic E-state index is 12.3. The van der Waals surface area contributed by atoms with Gasteiger partial charge in [0, 0.05) is 60.6 Å². The number of hydrogen-bond donors (Lipinski definition) is 2. The van der Waals surface area contributed by atoms with Crippen molar-refractivity contribution in [3.05, 3.63) is 64.6 Å². The van der Waals surface area contributed by atoms with Gasteiger partial charge in [0.05, 0.1) is 18.4 Å². The van der Waals surface area contributed by atoms with E-state index in [0.29, 0.717) is 0 Å². The van der Waals surface area contributed by atoms with Gasteiger partial charge >= 0.3 is 6.18 Å². The SMILES string of the molecule is O=C(NS(=O)(=O)CCC(F)(F)F)c1ccc(N2CCN(Cc3cc(-c4cncc(O)c4)cs3)CC2)cc1. The summed E-state index contributed by atoms with van der Waals surface area (Å²) in [5.74, 6) is -2.04. The van der Waals surface area contributed by atoms with Crippen LogP contribution < -0.4 is 9.62 Å². The molecule has 0 spiro atoms. The summed E-state index contributed by atoms with van der Waals surface area (Å²) in [6, 6.07) is 10.1. The second-order valence-corrected chi connectivity index (χ2v) is 11.5. The summed E-state index contributed by atoms with van der Waals surface area (Å²) >= 11 is 1.65. The van der Waals surface area contributed by atoms with Gasteiger partial charge in [-0.05, 0) is 47.3 Å². The third-order valence-electron chi connectivity index (χ3n) is 5.86. The van der Waals surface area contributed by atoms with Crippen LogP contribution in [0.4, 0.5) is 18.9 Å². The van der Waals surface area contributed by atoms with Crippen LogP contribution in [0.25, 0.3) is 11.1 Å². The molecule has 3 aromatic rings. The molecular formula is C24H25F3N4O4S2. The Morgan fingerprint density at radius 1 is 1.05 bits per heavy atom. The number of piperazine rings is 1. The second kappa shape index (κ2) is 11.1. The molecule has 0 saturated carbocycles. The topological polar surface area (TPSA) is 103 Å². The Balaban J connectivity index is 1.27. The zero-order chi connectivity index (χ0) is 26.6. The van der Waals surface area contributed by atoms with E-state index in [0.717, 1.165) is 49.5 Å². The van der Waals surface area contributed by atoms with E-state index in [1.807, 2.05) is 5.38 Å². The summed E-state index contributed by atoms with van der Waals surface area (Å²) in [5.41, 5.74) is 2.79. The Bertz CT molecular complexity index is 1340. The second-order valence-electron chi connectivity index (χ2n) is 8.66. The fourth-order valence-corrected chi connectivity index (χ4v) is 5.85. The predicted molar refractivity (Wildman–Crippen MR) is 135 cm³/mol. The molecule has 37 heavy (non-hydrogen) atoms. The number of amides is 1. The van der Waals surface area contributed by atoms with E-state index in [-0.39, 0.29) is 11.3 Å². The molecule has 2 N–H and O–H groups in total. The van der Waals surface area contributed by atoms with E-state index in [1.165, 1.54) is 23.2 Å². The van der Waals surface area contributed by atoms with Gasteiger partial charge in [-0.15, -0.1) is 11.3 Å². The molecule has 2 aromatic heterocycles. The van der Waals surface area contributed by atoms with Crippen LogP contribution in [-0.4, -0.2) is 67.4 Å². The summed E-state index contributed by atoms with van der Waals surface area (Å²) in [6.07, 6.45) is -3.04. The van der Waals surface area contributed by atoms with E-state index in [9.17, 15) is 31.5 Å². The van der Waals surface area contributed by atoms with Gasteiger partial charge in [0.2, 0.25) is 10.0 Å². The summed E-state index contributed by atoms with van der Waals surface area (Å²) in [4.78, 5) is 21.9. The molecule has 4 rings (SSSR count). The Hall–Kier alpha value is -3.16. The molecule has 1 fully saturated rings. The highest BCUT2D eigenvalue weighted by Crippen LogP contribution is 2.28. The van der Waals surface area contributed by atoms with Gasteiger partial charge in [0.15, 0.2) is 0 Å². The van der Waals surface area contributed by atoms with E-state index >= 15 is 0 Å². The number of aromatic hydroxyl groups is 1. The number of sulfonamides is 1. The minimum Gasteiger partial charge on any atom is -0.506 e. The molecule has 1 aliphatic rings. The monoisotopic (exact) mass is 554 g/mol. The quantitative estimate of drug-likeness (QED) is 0.436. The molecule has 198 valence electrons. The highest BCUT2D eigenvalue weighted by Gasteiger charge is 2.30. The zero-order valence-electron chi connectivity index (χ0n) is 19.6. The molecule has 0 radical (unpaired) electrons. The first-order valence-electron chi connectivity index (χ1n) is 11.4. The first kappa shape index (κ1) is 26.9. The van der Waals surface area contributed by atoms with Gasteiger partial charge < -0.3 is 10.0 Å². The number of hydrogen-bond acceptors (Lipinski definition) is 8. The molecule has 0 bridgehead atoms. The van der Waals surface area contributed by atoms with Crippen LogP contribution >= 0.6 is 11.3 Å². The molecular weight excluding hydrogens is 529 g/mol. The largest absolute Gasteiger partial charge is 0.506 e. The van der Waals surface area contributed by atoms with Gasteiger partial charge in [0.1, 0.15) is 5.75 Å². The van der Waals surface area contributed by atoms with Gasteiger partial charge in [-0.2, -0.15) is 13.2 Å². The van der Waals surface area contributed by atoms with E-state index in [4.69, 9.17) is 0 Å². The van der Waals surface area contributed by atoms with E-state index < -0.39 is 34.3 Å². The Kier molecular flexibility index (Phi) is 8.05. The van der Waals surface area contributed by atoms with Crippen molar-refractivity contribution < 1.29 is 31.5 Å². The number of rotatable bonds is 8. The lowest BCUT2D eigenvalue weighted by Gasteiger charge is -2.36. The van der Waals surface area contributed by atoms with Crippen LogP contribution in [-0.2, 0) is 16.6 Å². The molecule has 1 saturated heterocycles. The smallest absolute Gasteiger partial charge is 0.390 e. The van der Waals surface area contributed by atoms with Crippen LogP contribution in [0.1, 0.15) is 21.7 Å². The average molecular weight is 555 g/mol. The van der Waals surface area contributed by atoms with Crippen molar-refractivity contribution in [1.82, 2.24) is 14.6 Å². The van der Waals surface area contributed by atoms with Crippen molar-refractivity contribution in [2.75, 3.05) is 36.8 Å². The fourth-order valence-electron chi connectivity index (χ4n) is 3.91. The number of nitrogens with one attached hydrogen (secondary N) is 1. The average Bonchev–Trinajstić information content (AvgIpc) is 3.31. The third-order valence-corrected chi connectivity index (χ3v) is 8.02. The number of aromatic nitrogens is 1. The van der Waals surface area contributed by atoms with Crippen molar-refractivity contribution >= 4 is 33.0 Å². The fraction of sp³-hybridized carbons (Fsp3) is 0.333. The number of thiophene rings is 1. The molecule has 8 nitrogen and oxygen atoms in total. The molecule has 0 atom stereocenters. The number of benzene rings is 1. The number of carbonyl (C=O) groups excluding carboxylic acids is 1. The number of halogens is 3. The van der Waals surface area contributed by atoms with Crippen LogP contribution in [0.2, 0.25) is 0 Å². The molecule has 0 unspecified atom stereocenters. The lowest BCUT2D eigenvalue weighted by molar-refractivity contribution is -0.130. The minimum absolute atomic E-state index is 0.0494. The number of anilines is 1. The molecule has 3 heterocycles.